The summed E-state index contributed by atoms with van der Waals surface area (Å²) in [4.78, 5) is 48.4. The predicted molar refractivity (Wildman–Crippen MR) is 118 cm³/mol. The van der Waals surface area contributed by atoms with Crippen LogP contribution in [0.3, 0.4) is 0 Å². The van der Waals surface area contributed by atoms with E-state index in [9.17, 15) is 29.6 Å². The van der Waals surface area contributed by atoms with Crippen molar-refractivity contribution in [1.82, 2.24) is 9.55 Å². The summed E-state index contributed by atoms with van der Waals surface area (Å²) in [6.07, 6.45) is -2.53. The highest BCUT2D eigenvalue weighted by molar-refractivity contribution is 5.60. The fourth-order valence-corrected chi connectivity index (χ4v) is 3.55. The van der Waals surface area contributed by atoms with Crippen LogP contribution in [0, 0.1) is 17.0 Å². The Morgan fingerprint density at radius 1 is 1.26 bits per heavy atom. The summed E-state index contributed by atoms with van der Waals surface area (Å²) < 4.78 is 26.9. The summed E-state index contributed by atoms with van der Waals surface area (Å²) in [6, 6.07) is 2.64. The molecular formula is C21H25N3O11. The molecule has 3 rings (SSSR count). The number of ether oxygens (including phenoxy) is 5. The van der Waals surface area contributed by atoms with E-state index in [1.165, 1.54) is 39.5 Å². The summed E-state index contributed by atoms with van der Waals surface area (Å²) >= 11 is 0. The van der Waals surface area contributed by atoms with E-state index >= 15 is 0 Å². The molecule has 1 aliphatic heterocycles. The minimum Gasteiger partial charge on any atom is -0.493 e. The summed E-state index contributed by atoms with van der Waals surface area (Å²) in [5.41, 5.74) is -0.880. The molecule has 2 N–H and O–H groups in total. The third-order valence-corrected chi connectivity index (χ3v) is 5.40. The van der Waals surface area contributed by atoms with Gasteiger partial charge in [-0.25, -0.2) is 9.59 Å². The van der Waals surface area contributed by atoms with Crippen molar-refractivity contribution in [3.05, 3.63) is 60.4 Å². The number of nitrogens with zero attached hydrogens (tertiary/aromatic N) is 2. The number of H-pyrrole nitrogens is 1. The number of carbonyl (C=O) groups is 1. The lowest BCUT2D eigenvalue weighted by molar-refractivity contribution is -0.385. The van der Waals surface area contributed by atoms with E-state index < -0.39 is 40.8 Å². The maximum atomic E-state index is 12.0. The van der Waals surface area contributed by atoms with Gasteiger partial charge in [-0.05, 0) is 13.0 Å². The van der Waals surface area contributed by atoms with Crippen molar-refractivity contribution in [2.75, 3.05) is 27.4 Å². The van der Waals surface area contributed by atoms with Gasteiger partial charge in [-0.2, -0.15) is 0 Å². The number of hydrogen-bond acceptors (Lipinski definition) is 11. The molecule has 2 heterocycles. The molecule has 14 heteroatoms. The molecule has 1 aromatic carbocycles. The topological polar surface area (TPSA) is 181 Å². The number of nitro groups is 1. The molecule has 0 amide bonds. The summed E-state index contributed by atoms with van der Waals surface area (Å²) in [5.74, 6) is 0.477. The van der Waals surface area contributed by atoms with Crippen LogP contribution in [0.1, 0.15) is 23.8 Å². The molecule has 3 atom stereocenters. The minimum atomic E-state index is -1.07. The predicted octanol–water partition coefficient (Wildman–Crippen LogP) is 0.815. The van der Waals surface area contributed by atoms with Crippen molar-refractivity contribution in [2.24, 2.45) is 0 Å². The first-order valence-corrected chi connectivity index (χ1v) is 10.5. The van der Waals surface area contributed by atoms with Crippen molar-refractivity contribution < 1.29 is 38.5 Å². The first-order chi connectivity index (χ1) is 16.6. The second kappa shape index (κ2) is 11.0. The number of nitrogens with one attached hydrogen (secondary N) is 1. The Morgan fingerprint density at radius 3 is 2.60 bits per heavy atom. The molecule has 14 nitrogen and oxygen atoms in total. The Morgan fingerprint density at radius 2 is 1.94 bits per heavy atom. The molecule has 0 aliphatic carbocycles. The van der Waals surface area contributed by atoms with Gasteiger partial charge in [0.1, 0.15) is 18.9 Å². The average Bonchev–Trinajstić information content (AvgIpc) is 3.19. The van der Waals surface area contributed by atoms with Crippen molar-refractivity contribution in [3.8, 4) is 11.5 Å². The van der Waals surface area contributed by atoms with Crippen LogP contribution in [0.4, 0.5) is 10.5 Å². The number of benzene rings is 1. The highest BCUT2D eigenvalue weighted by Crippen LogP contribution is 2.34. The molecule has 2 aromatic rings. The Hall–Kier alpha value is -3.91. The number of hydrogen-bond donors (Lipinski definition) is 2. The van der Waals surface area contributed by atoms with Gasteiger partial charge in [0.2, 0.25) is 0 Å². The van der Waals surface area contributed by atoms with E-state index in [4.69, 9.17) is 23.7 Å². The molecule has 0 bridgehead atoms. The lowest BCUT2D eigenvalue weighted by atomic mass is 10.1. The van der Waals surface area contributed by atoms with Gasteiger partial charge in [0.25, 0.3) is 11.2 Å². The van der Waals surface area contributed by atoms with Crippen LogP contribution < -0.4 is 20.7 Å². The quantitative estimate of drug-likeness (QED) is 0.285. The number of aliphatic hydroxyl groups is 1. The van der Waals surface area contributed by atoms with Gasteiger partial charge in [-0.1, -0.05) is 0 Å². The standard InChI is InChI=1S/C21H25N3O11/c1-11-9-23(20(27)22-19(11)26)18-8-14(25)17(35-18)10-34-21(28)33-5-4-12-6-15(31-2)16(32-3)7-13(12)24(29)30/h6-7,9,14,17-18,25H,4-5,8,10H2,1-3H3,(H,22,26,27)/t14?,17-,18-/m1/s1. The van der Waals surface area contributed by atoms with Crippen molar-refractivity contribution >= 4 is 11.8 Å². The maximum Gasteiger partial charge on any atom is 0.508 e. The highest BCUT2D eigenvalue weighted by Gasteiger charge is 2.36. The van der Waals surface area contributed by atoms with Crippen LogP contribution in [-0.2, 0) is 20.6 Å². The Balaban J connectivity index is 1.53. The lowest BCUT2D eigenvalue weighted by Gasteiger charge is -2.16. The molecule has 1 aromatic heterocycles. The lowest BCUT2D eigenvalue weighted by Crippen LogP contribution is -2.33. The number of aromatic amines is 1. The first-order valence-electron chi connectivity index (χ1n) is 10.5. The summed E-state index contributed by atoms with van der Waals surface area (Å²) in [5, 5.41) is 21.6. The van der Waals surface area contributed by atoms with Gasteiger partial charge in [0, 0.05) is 30.2 Å². The smallest absolute Gasteiger partial charge is 0.493 e. The maximum absolute atomic E-state index is 12.0. The van der Waals surface area contributed by atoms with Gasteiger partial charge in [-0.3, -0.25) is 24.5 Å². The number of nitro benzene ring substituents is 1. The van der Waals surface area contributed by atoms with E-state index in [0.717, 1.165) is 4.57 Å². The number of aromatic nitrogens is 2. The Labute approximate surface area is 198 Å². The molecule has 0 spiro atoms. The summed E-state index contributed by atoms with van der Waals surface area (Å²) in [7, 11) is 2.74. The van der Waals surface area contributed by atoms with E-state index in [2.05, 4.69) is 4.98 Å². The van der Waals surface area contributed by atoms with Gasteiger partial charge >= 0.3 is 11.8 Å². The van der Waals surface area contributed by atoms with E-state index in [1.807, 2.05) is 0 Å². The monoisotopic (exact) mass is 495 g/mol. The zero-order valence-corrected chi connectivity index (χ0v) is 19.2. The molecule has 1 fully saturated rings. The molecule has 1 aliphatic rings. The number of aryl methyl sites for hydroxylation is 1. The second-order valence-corrected chi connectivity index (χ2v) is 7.66. The zero-order chi connectivity index (χ0) is 25.7. The Bertz CT molecular complexity index is 1210. The van der Waals surface area contributed by atoms with Gasteiger partial charge in [0.05, 0.1) is 37.9 Å². The van der Waals surface area contributed by atoms with Gasteiger partial charge in [-0.15, -0.1) is 0 Å². The van der Waals surface area contributed by atoms with Crippen LogP contribution in [0.2, 0.25) is 0 Å². The largest absolute Gasteiger partial charge is 0.508 e. The van der Waals surface area contributed by atoms with E-state index in [0.29, 0.717) is 5.56 Å². The number of rotatable bonds is 9. The number of aliphatic hydroxyl groups excluding tert-OH is 1. The fraction of sp³-hybridized carbons (Fsp3) is 0.476. The fourth-order valence-electron chi connectivity index (χ4n) is 3.55. The van der Waals surface area contributed by atoms with Crippen molar-refractivity contribution in [1.29, 1.82) is 0 Å². The van der Waals surface area contributed by atoms with Crippen LogP contribution >= 0.6 is 0 Å². The van der Waals surface area contributed by atoms with E-state index in [1.54, 1.807) is 0 Å². The Kier molecular flexibility index (Phi) is 8.09. The van der Waals surface area contributed by atoms with Crippen LogP contribution in [0.25, 0.3) is 0 Å². The van der Waals surface area contributed by atoms with Gasteiger partial charge < -0.3 is 28.8 Å². The van der Waals surface area contributed by atoms with Crippen molar-refractivity contribution in [2.45, 2.75) is 38.2 Å². The SMILES string of the molecule is COc1cc(CCOC(=O)OC[C@H]2O[C@@H](n3cc(C)c(=O)[nH]c3=O)CC2O)c([N+](=O)[O-])cc1OC. The molecule has 0 radical (unpaired) electrons. The number of methoxy groups -OCH3 is 2. The third kappa shape index (κ3) is 5.96. The van der Waals surface area contributed by atoms with Crippen LogP contribution in [0.5, 0.6) is 11.5 Å². The van der Waals surface area contributed by atoms with Gasteiger partial charge in [0.15, 0.2) is 11.5 Å². The second-order valence-electron chi connectivity index (χ2n) is 7.66. The molecule has 1 unspecified atom stereocenters. The highest BCUT2D eigenvalue weighted by atomic mass is 16.7. The van der Waals surface area contributed by atoms with Crippen molar-refractivity contribution in [3.63, 3.8) is 0 Å². The molecule has 0 saturated carbocycles. The van der Waals surface area contributed by atoms with Crippen LogP contribution in [-0.4, -0.2) is 65.4 Å². The minimum absolute atomic E-state index is 0.00483. The zero-order valence-electron chi connectivity index (χ0n) is 19.2. The molecular weight excluding hydrogens is 470 g/mol. The number of carbonyl (C=O) groups excluding carboxylic acids is 1. The normalized spacial score (nSPS) is 19.3. The molecule has 35 heavy (non-hydrogen) atoms. The molecule has 190 valence electrons. The van der Waals surface area contributed by atoms with E-state index in [-0.39, 0.29) is 48.8 Å². The molecule has 1 saturated heterocycles. The third-order valence-electron chi connectivity index (χ3n) is 5.40. The summed E-state index contributed by atoms with van der Waals surface area (Å²) in [6.45, 7) is 0.940. The first kappa shape index (κ1) is 25.7. The van der Waals surface area contributed by atoms with Crippen LogP contribution in [0.15, 0.2) is 27.9 Å². The average molecular weight is 495 g/mol.